The number of hydrogen-bond acceptors (Lipinski definition) is 4. The summed E-state index contributed by atoms with van der Waals surface area (Å²) in [6, 6.07) is 1.55. The smallest absolute Gasteiger partial charge is 0.267 e. The molecule has 0 N–H and O–H groups in total. The average Bonchev–Trinajstić information content (AvgIpc) is 2.92. The molecule has 1 fully saturated rings. The average molecular weight is 350 g/mol. The van der Waals surface area contributed by atoms with E-state index in [-0.39, 0.29) is 5.56 Å². The number of nitrogens with zero attached hydrogens (tertiary/aromatic N) is 3. The molecule has 2 aromatic rings. The largest absolute Gasteiger partial charge is 0.275 e. The monoisotopic (exact) mass is 349 g/mol. The van der Waals surface area contributed by atoms with Gasteiger partial charge in [0.25, 0.3) is 5.56 Å². The van der Waals surface area contributed by atoms with Crippen molar-refractivity contribution in [2.75, 3.05) is 0 Å². The zero-order valence-electron chi connectivity index (χ0n) is 15.4. The van der Waals surface area contributed by atoms with Crippen molar-refractivity contribution in [2.24, 2.45) is 0 Å². The van der Waals surface area contributed by atoms with E-state index in [1.807, 2.05) is 6.92 Å². The molecule has 0 atom stereocenters. The number of unbranched alkanes of at least 4 members (excludes halogenated alkanes) is 2. The van der Waals surface area contributed by atoms with Gasteiger partial charge in [-0.2, -0.15) is 9.61 Å². The van der Waals surface area contributed by atoms with E-state index in [2.05, 4.69) is 23.9 Å². The third-order valence-electron chi connectivity index (χ3n) is 4.55. The van der Waals surface area contributed by atoms with Gasteiger partial charge >= 0.3 is 0 Å². The molecule has 0 aromatic carbocycles. The number of fused-ring (bicyclic) bond motifs is 1. The minimum atomic E-state index is -0.0594. The van der Waals surface area contributed by atoms with Gasteiger partial charge in [-0.25, -0.2) is 4.98 Å². The summed E-state index contributed by atoms with van der Waals surface area (Å²) in [5.74, 6) is 0.520. The number of rotatable bonds is 3. The summed E-state index contributed by atoms with van der Waals surface area (Å²) in [4.78, 5) is 17.0. The molecular weight excluding hydrogens is 318 g/mol. The lowest BCUT2D eigenvalue weighted by Gasteiger charge is -2.16. The molecule has 1 aliphatic carbocycles. The highest BCUT2D eigenvalue weighted by Crippen LogP contribution is 2.32. The molecule has 5 heteroatoms. The lowest BCUT2D eigenvalue weighted by Crippen LogP contribution is -2.14. The van der Waals surface area contributed by atoms with Crippen LogP contribution in [0, 0.1) is 6.92 Å². The topological polar surface area (TPSA) is 47.3 Å². The van der Waals surface area contributed by atoms with Gasteiger partial charge in [0.15, 0.2) is 0 Å². The lowest BCUT2D eigenvalue weighted by molar-refractivity contribution is 0.452. The Balaban J connectivity index is 0.000000368. The number of hydrogen-bond donors (Lipinski definition) is 0. The van der Waals surface area contributed by atoms with E-state index in [1.54, 1.807) is 17.4 Å². The molecule has 0 aliphatic heterocycles. The van der Waals surface area contributed by atoms with Crippen LogP contribution in [0.5, 0.6) is 0 Å². The summed E-state index contributed by atoms with van der Waals surface area (Å²) >= 11 is 1.59. The summed E-state index contributed by atoms with van der Waals surface area (Å²) in [6.07, 6.45) is 13.1. The van der Waals surface area contributed by atoms with Crippen molar-refractivity contribution in [1.82, 2.24) is 14.6 Å². The highest BCUT2D eigenvalue weighted by molar-refractivity contribution is 7.16. The van der Waals surface area contributed by atoms with Crippen molar-refractivity contribution in [3.05, 3.63) is 27.1 Å². The zero-order chi connectivity index (χ0) is 17.4. The van der Waals surface area contributed by atoms with Gasteiger partial charge in [0.1, 0.15) is 5.01 Å². The standard InChI is InChI=1S/C14H19N3OS.C5H12/c1-10-9-12(18)17-14(15-10)19-13(16-17)11-7-5-3-2-4-6-8-11;1-3-5-4-2/h9,11H,2-8H2,1H3;3-5H2,1-2H3. The fourth-order valence-corrected chi connectivity index (χ4v) is 4.28. The van der Waals surface area contributed by atoms with E-state index < -0.39 is 0 Å². The van der Waals surface area contributed by atoms with E-state index in [0.29, 0.717) is 5.92 Å². The zero-order valence-corrected chi connectivity index (χ0v) is 16.2. The van der Waals surface area contributed by atoms with Gasteiger partial charge in [-0.15, -0.1) is 0 Å². The van der Waals surface area contributed by atoms with Crippen LogP contribution in [0.4, 0.5) is 0 Å². The molecule has 1 aliphatic rings. The second-order valence-electron chi connectivity index (χ2n) is 6.77. The second kappa shape index (κ2) is 9.92. The van der Waals surface area contributed by atoms with Gasteiger partial charge < -0.3 is 0 Å². The van der Waals surface area contributed by atoms with Crippen molar-refractivity contribution >= 4 is 16.3 Å². The first-order valence-corrected chi connectivity index (χ1v) is 10.3. The molecule has 0 bridgehead atoms. The van der Waals surface area contributed by atoms with Crippen molar-refractivity contribution < 1.29 is 0 Å². The van der Waals surface area contributed by atoms with E-state index in [9.17, 15) is 4.79 Å². The van der Waals surface area contributed by atoms with Crippen LogP contribution in [-0.2, 0) is 0 Å². The van der Waals surface area contributed by atoms with Gasteiger partial charge in [0.2, 0.25) is 4.96 Å². The van der Waals surface area contributed by atoms with Crippen LogP contribution in [-0.4, -0.2) is 14.6 Å². The molecule has 2 heterocycles. The Bertz CT molecular complexity index is 667. The first-order chi connectivity index (χ1) is 11.7. The Kier molecular flexibility index (Phi) is 7.89. The lowest BCUT2D eigenvalue weighted by atomic mass is 9.92. The molecule has 3 rings (SSSR count). The molecule has 0 spiro atoms. The second-order valence-corrected chi connectivity index (χ2v) is 7.75. The van der Waals surface area contributed by atoms with Crippen molar-refractivity contribution in [1.29, 1.82) is 0 Å². The Morgan fingerprint density at radius 3 is 2.33 bits per heavy atom. The van der Waals surface area contributed by atoms with Crippen LogP contribution in [0.3, 0.4) is 0 Å². The van der Waals surface area contributed by atoms with Crippen molar-refractivity contribution in [3.8, 4) is 0 Å². The minimum Gasteiger partial charge on any atom is -0.267 e. The molecule has 0 radical (unpaired) electrons. The Hall–Kier alpha value is -1.23. The fraction of sp³-hybridized carbons (Fsp3) is 0.737. The highest BCUT2D eigenvalue weighted by Gasteiger charge is 2.18. The van der Waals surface area contributed by atoms with E-state index in [4.69, 9.17) is 0 Å². The van der Waals surface area contributed by atoms with Gasteiger partial charge in [0, 0.05) is 17.7 Å². The predicted octanol–water partition coefficient (Wildman–Crippen LogP) is 5.48. The van der Waals surface area contributed by atoms with Gasteiger partial charge in [-0.05, 0) is 19.8 Å². The van der Waals surface area contributed by atoms with Crippen LogP contribution < -0.4 is 5.56 Å². The van der Waals surface area contributed by atoms with Crippen LogP contribution in [0.2, 0.25) is 0 Å². The highest BCUT2D eigenvalue weighted by atomic mass is 32.1. The summed E-state index contributed by atoms with van der Waals surface area (Å²) in [5.41, 5.74) is 0.716. The minimum absolute atomic E-state index is 0.0594. The first-order valence-electron chi connectivity index (χ1n) is 9.53. The molecule has 1 saturated carbocycles. The van der Waals surface area contributed by atoms with E-state index in [0.717, 1.165) is 15.7 Å². The van der Waals surface area contributed by atoms with Crippen molar-refractivity contribution in [3.63, 3.8) is 0 Å². The fourth-order valence-electron chi connectivity index (χ4n) is 3.16. The summed E-state index contributed by atoms with van der Waals surface area (Å²) < 4.78 is 1.46. The summed E-state index contributed by atoms with van der Waals surface area (Å²) in [7, 11) is 0. The van der Waals surface area contributed by atoms with Gasteiger partial charge in [-0.1, -0.05) is 76.6 Å². The Labute approximate surface area is 149 Å². The SMILES string of the molecule is CCCCC.Cc1cc(=O)n2nc(C3CCCCCCC3)sc2n1. The molecule has 24 heavy (non-hydrogen) atoms. The normalized spacial score (nSPS) is 16.3. The predicted molar refractivity (Wildman–Crippen MR) is 102 cm³/mol. The van der Waals surface area contributed by atoms with Crippen LogP contribution in [0.15, 0.2) is 10.9 Å². The Morgan fingerprint density at radius 2 is 1.75 bits per heavy atom. The van der Waals surface area contributed by atoms with E-state index in [1.165, 1.54) is 68.7 Å². The van der Waals surface area contributed by atoms with Gasteiger partial charge in [-0.3, -0.25) is 4.79 Å². The molecule has 4 nitrogen and oxygen atoms in total. The molecule has 134 valence electrons. The number of aromatic nitrogens is 3. The quantitative estimate of drug-likeness (QED) is 0.736. The summed E-state index contributed by atoms with van der Waals surface area (Å²) in [6.45, 7) is 6.28. The maximum Gasteiger partial charge on any atom is 0.275 e. The molecule has 0 saturated heterocycles. The maximum atomic E-state index is 11.9. The first kappa shape index (κ1) is 19.1. The maximum absolute atomic E-state index is 11.9. The molecule has 0 unspecified atom stereocenters. The van der Waals surface area contributed by atoms with Gasteiger partial charge in [0.05, 0.1) is 0 Å². The summed E-state index contributed by atoms with van der Waals surface area (Å²) in [5, 5.41) is 5.60. The van der Waals surface area contributed by atoms with Crippen LogP contribution >= 0.6 is 11.3 Å². The van der Waals surface area contributed by atoms with Crippen LogP contribution in [0.1, 0.15) is 94.7 Å². The molecular formula is C19H31N3OS. The third-order valence-corrected chi connectivity index (χ3v) is 5.62. The number of aryl methyl sites for hydroxylation is 1. The molecule has 2 aromatic heterocycles. The Morgan fingerprint density at radius 1 is 1.12 bits per heavy atom. The molecule has 0 amide bonds. The third kappa shape index (κ3) is 5.40. The van der Waals surface area contributed by atoms with Crippen molar-refractivity contribution in [2.45, 2.75) is 90.9 Å². The van der Waals surface area contributed by atoms with E-state index >= 15 is 0 Å². The van der Waals surface area contributed by atoms with Crippen LogP contribution in [0.25, 0.3) is 4.96 Å².